The molecule has 2 aromatic rings. The van der Waals surface area contributed by atoms with E-state index in [0.717, 1.165) is 5.75 Å². The van der Waals surface area contributed by atoms with Crippen molar-refractivity contribution < 1.29 is 14.6 Å². The minimum Gasteiger partial charge on any atom is -0.494 e. The van der Waals surface area contributed by atoms with E-state index in [2.05, 4.69) is 0 Å². The number of ether oxygens (including phenoxy) is 2. The van der Waals surface area contributed by atoms with Crippen LogP contribution in [0.25, 0.3) is 0 Å². The Kier molecular flexibility index (Phi) is 4.85. The maximum absolute atomic E-state index is 10.1. The van der Waals surface area contributed by atoms with Gasteiger partial charge in [0.15, 0.2) is 0 Å². The fraction of sp³-hybridized carbons (Fsp3) is 0.250. The highest BCUT2D eigenvalue weighted by Gasteiger charge is 2.11. The van der Waals surface area contributed by atoms with Gasteiger partial charge in [0.05, 0.1) is 6.61 Å². The summed E-state index contributed by atoms with van der Waals surface area (Å²) in [5, 5.41) is 10.1. The van der Waals surface area contributed by atoms with Crippen molar-refractivity contribution in [2.75, 3.05) is 18.9 Å². The second kappa shape index (κ2) is 6.82. The lowest BCUT2D eigenvalue weighted by atomic mass is 10.1. The Balaban J connectivity index is 1.98. The van der Waals surface area contributed by atoms with Crippen LogP contribution in [0.2, 0.25) is 0 Å². The molecule has 0 bridgehead atoms. The van der Waals surface area contributed by atoms with Crippen LogP contribution in [-0.4, -0.2) is 18.3 Å². The Labute approximate surface area is 118 Å². The standard InChI is InChI=1S/C16H19NO3/c1-2-19-12-6-5-7-13(10-12)20-11-16(18)14-8-3-4-9-15(14)17/h3-10,16,18H,2,11,17H2,1H3. The molecule has 0 saturated heterocycles. The monoisotopic (exact) mass is 273 g/mol. The smallest absolute Gasteiger partial charge is 0.123 e. The minimum absolute atomic E-state index is 0.143. The van der Waals surface area contributed by atoms with Crippen LogP contribution in [0.4, 0.5) is 5.69 Å². The van der Waals surface area contributed by atoms with Crippen molar-refractivity contribution >= 4 is 5.69 Å². The molecule has 0 spiro atoms. The van der Waals surface area contributed by atoms with Crippen molar-refractivity contribution in [2.24, 2.45) is 0 Å². The molecule has 2 aromatic carbocycles. The summed E-state index contributed by atoms with van der Waals surface area (Å²) in [5.74, 6) is 1.41. The summed E-state index contributed by atoms with van der Waals surface area (Å²) < 4.78 is 11.0. The van der Waals surface area contributed by atoms with Gasteiger partial charge in [-0.05, 0) is 25.1 Å². The fourth-order valence-corrected chi connectivity index (χ4v) is 1.90. The minimum atomic E-state index is -0.757. The van der Waals surface area contributed by atoms with Gasteiger partial charge in [0.2, 0.25) is 0 Å². The largest absolute Gasteiger partial charge is 0.494 e. The highest BCUT2D eigenvalue weighted by atomic mass is 16.5. The van der Waals surface area contributed by atoms with E-state index >= 15 is 0 Å². The van der Waals surface area contributed by atoms with E-state index < -0.39 is 6.10 Å². The number of hydrogen-bond donors (Lipinski definition) is 2. The fourth-order valence-electron chi connectivity index (χ4n) is 1.90. The topological polar surface area (TPSA) is 64.7 Å². The van der Waals surface area contributed by atoms with Gasteiger partial charge in [0.1, 0.15) is 24.2 Å². The molecule has 0 aromatic heterocycles. The molecule has 0 aliphatic heterocycles. The molecule has 4 heteroatoms. The van der Waals surface area contributed by atoms with Gasteiger partial charge in [-0.1, -0.05) is 24.3 Å². The molecule has 0 aliphatic rings. The highest BCUT2D eigenvalue weighted by Crippen LogP contribution is 2.23. The van der Waals surface area contributed by atoms with E-state index in [9.17, 15) is 5.11 Å². The molecular weight excluding hydrogens is 254 g/mol. The Bertz CT molecular complexity index is 557. The first-order chi connectivity index (χ1) is 9.70. The molecule has 0 aliphatic carbocycles. The summed E-state index contributed by atoms with van der Waals surface area (Å²) in [6.07, 6.45) is -0.757. The molecule has 0 fully saturated rings. The van der Waals surface area contributed by atoms with Crippen LogP contribution in [0.1, 0.15) is 18.6 Å². The van der Waals surface area contributed by atoms with Gasteiger partial charge in [-0.25, -0.2) is 0 Å². The van der Waals surface area contributed by atoms with Gasteiger partial charge in [0.25, 0.3) is 0 Å². The van der Waals surface area contributed by atoms with Crippen LogP contribution in [0, 0.1) is 0 Å². The summed E-state index contributed by atoms with van der Waals surface area (Å²) in [6.45, 7) is 2.67. The SMILES string of the molecule is CCOc1cccc(OCC(O)c2ccccc2N)c1. The molecule has 1 atom stereocenters. The lowest BCUT2D eigenvalue weighted by molar-refractivity contribution is 0.108. The van der Waals surface area contributed by atoms with Crippen molar-refractivity contribution in [3.8, 4) is 11.5 Å². The van der Waals surface area contributed by atoms with Crippen LogP contribution < -0.4 is 15.2 Å². The third kappa shape index (κ3) is 3.65. The van der Waals surface area contributed by atoms with Crippen molar-refractivity contribution in [1.29, 1.82) is 0 Å². The van der Waals surface area contributed by atoms with Gasteiger partial charge in [-0.3, -0.25) is 0 Å². The number of rotatable bonds is 6. The number of nitrogen functional groups attached to an aromatic ring is 1. The maximum Gasteiger partial charge on any atom is 0.123 e. The van der Waals surface area contributed by atoms with E-state index in [4.69, 9.17) is 15.2 Å². The van der Waals surface area contributed by atoms with Crippen LogP contribution in [-0.2, 0) is 0 Å². The average molecular weight is 273 g/mol. The number of anilines is 1. The molecule has 1 unspecified atom stereocenters. The van der Waals surface area contributed by atoms with Crippen LogP contribution in [0.5, 0.6) is 11.5 Å². The summed E-state index contributed by atoms with van der Waals surface area (Å²) >= 11 is 0. The van der Waals surface area contributed by atoms with E-state index in [1.165, 1.54) is 0 Å². The number of aliphatic hydroxyl groups is 1. The van der Waals surface area contributed by atoms with E-state index in [-0.39, 0.29) is 6.61 Å². The molecule has 0 heterocycles. The third-order valence-electron chi connectivity index (χ3n) is 2.88. The summed E-state index contributed by atoms with van der Waals surface area (Å²) in [4.78, 5) is 0. The number of benzene rings is 2. The summed E-state index contributed by atoms with van der Waals surface area (Å²) in [7, 11) is 0. The predicted octanol–water partition coefficient (Wildman–Crippen LogP) is 2.78. The number of hydrogen-bond acceptors (Lipinski definition) is 4. The van der Waals surface area contributed by atoms with Gasteiger partial charge >= 0.3 is 0 Å². The molecule has 2 rings (SSSR count). The first kappa shape index (κ1) is 14.2. The van der Waals surface area contributed by atoms with Crippen molar-refractivity contribution in [2.45, 2.75) is 13.0 Å². The Hall–Kier alpha value is -2.20. The molecular formula is C16H19NO3. The predicted molar refractivity (Wildman–Crippen MR) is 78.9 cm³/mol. The molecule has 4 nitrogen and oxygen atoms in total. The lowest BCUT2D eigenvalue weighted by Gasteiger charge is -2.15. The van der Waals surface area contributed by atoms with Gasteiger partial charge in [-0.2, -0.15) is 0 Å². The normalized spacial score (nSPS) is 11.9. The Morgan fingerprint density at radius 1 is 1.05 bits per heavy atom. The van der Waals surface area contributed by atoms with Crippen molar-refractivity contribution in [3.05, 3.63) is 54.1 Å². The van der Waals surface area contributed by atoms with Crippen LogP contribution in [0.3, 0.4) is 0 Å². The number of para-hydroxylation sites is 1. The zero-order valence-electron chi connectivity index (χ0n) is 11.5. The molecule has 0 saturated carbocycles. The first-order valence-electron chi connectivity index (χ1n) is 6.59. The highest BCUT2D eigenvalue weighted by molar-refractivity contribution is 5.47. The molecule has 20 heavy (non-hydrogen) atoms. The van der Waals surface area contributed by atoms with E-state index in [1.54, 1.807) is 18.2 Å². The summed E-state index contributed by atoms with van der Waals surface area (Å²) in [5.41, 5.74) is 7.05. The average Bonchev–Trinajstić information content (AvgIpc) is 2.46. The molecule has 3 N–H and O–H groups in total. The van der Waals surface area contributed by atoms with E-state index in [0.29, 0.717) is 23.6 Å². The second-order valence-electron chi connectivity index (χ2n) is 4.36. The lowest BCUT2D eigenvalue weighted by Crippen LogP contribution is -2.11. The number of aliphatic hydroxyl groups excluding tert-OH is 1. The van der Waals surface area contributed by atoms with E-state index in [1.807, 2.05) is 37.3 Å². The van der Waals surface area contributed by atoms with Crippen molar-refractivity contribution in [1.82, 2.24) is 0 Å². The van der Waals surface area contributed by atoms with Crippen LogP contribution in [0.15, 0.2) is 48.5 Å². The zero-order valence-corrected chi connectivity index (χ0v) is 11.5. The van der Waals surface area contributed by atoms with Gasteiger partial charge in [-0.15, -0.1) is 0 Å². The molecule has 106 valence electrons. The van der Waals surface area contributed by atoms with Crippen molar-refractivity contribution in [3.63, 3.8) is 0 Å². The van der Waals surface area contributed by atoms with Gasteiger partial charge < -0.3 is 20.3 Å². The number of nitrogens with two attached hydrogens (primary N) is 1. The maximum atomic E-state index is 10.1. The molecule has 0 radical (unpaired) electrons. The van der Waals surface area contributed by atoms with Crippen LogP contribution >= 0.6 is 0 Å². The Morgan fingerprint density at radius 3 is 2.45 bits per heavy atom. The van der Waals surface area contributed by atoms with Gasteiger partial charge in [0, 0.05) is 17.3 Å². The Morgan fingerprint density at radius 2 is 1.75 bits per heavy atom. The first-order valence-corrected chi connectivity index (χ1v) is 6.59. The zero-order chi connectivity index (χ0) is 14.4. The molecule has 0 amide bonds. The quantitative estimate of drug-likeness (QED) is 0.794. The summed E-state index contributed by atoms with van der Waals surface area (Å²) in [6, 6.07) is 14.6. The third-order valence-corrected chi connectivity index (χ3v) is 2.88. The second-order valence-corrected chi connectivity index (χ2v) is 4.36.